The molecule has 5 heteroatoms. The number of hydrogen-bond acceptors (Lipinski definition) is 5. The third kappa shape index (κ3) is 3.00. The Kier molecular flexibility index (Phi) is 4.58. The van der Waals surface area contributed by atoms with Crippen LogP contribution >= 0.6 is 11.8 Å². The van der Waals surface area contributed by atoms with Gasteiger partial charge in [0.1, 0.15) is 6.04 Å². The summed E-state index contributed by atoms with van der Waals surface area (Å²) >= 11 is 1.91. The summed E-state index contributed by atoms with van der Waals surface area (Å²) in [6, 6.07) is 11.3. The van der Waals surface area contributed by atoms with Gasteiger partial charge < -0.3 is 9.80 Å². The van der Waals surface area contributed by atoms with E-state index in [-0.39, 0.29) is 12.1 Å². The number of pyridine rings is 1. The van der Waals surface area contributed by atoms with Gasteiger partial charge in [0.15, 0.2) is 5.17 Å². The molecule has 3 atom stereocenters. The fourth-order valence-corrected chi connectivity index (χ4v) is 5.99. The molecule has 0 aliphatic carbocycles. The van der Waals surface area contributed by atoms with Gasteiger partial charge in [0.25, 0.3) is 0 Å². The SMILES string of the molecule is Cc1cc(N2CCCC2)c(C)cc1[C@@H]1[C@H](c2ccccn2)N=C2S[C@@H](C)CN21. The van der Waals surface area contributed by atoms with Crippen molar-refractivity contribution in [2.45, 2.75) is 50.9 Å². The number of amidine groups is 1. The Bertz CT molecular complexity index is 904. The molecule has 4 heterocycles. The van der Waals surface area contributed by atoms with Crippen LogP contribution in [0.1, 0.15) is 54.2 Å². The zero-order valence-corrected chi connectivity index (χ0v) is 17.7. The molecule has 2 saturated heterocycles. The summed E-state index contributed by atoms with van der Waals surface area (Å²) in [4.78, 5) is 14.9. The van der Waals surface area contributed by atoms with E-state index in [0.717, 1.165) is 12.2 Å². The van der Waals surface area contributed by atoms with Crippen LogP contribution in [0.2, 0.25) is 0 Å². The van der Waals surface area contributed by atoms with Crippen molar-refractivity contribution >= 4 is 22.6 Å². The van der Waals surface area contributed by atoms with Gasteiger partial charge in [0.05, 0.1) is 11.7 Å². The number of benzene rings is 1. The Balaban J connectivity index is 1.57. The zero-order chi connectivity index (χ0) is 19.3. The van der Waals surface area contributed by atoms with E-state index in [2.05, 4.69) is 59.8 Å². The second-order valence-corrected chi connectivity index (χ2v) is 9.73. The van der Waals surface area contributed by atoms with Crippen LogP contribution in [0.15, 0.2) is 41.5 Å². The Morgan fingerprint density at radius 2 is 1.89 bits per heavy atom. The van der Waals surface area contributed by atoms with Crippen LogP contribution in [0.4, 0.5) is 5.69 Å². The molecular weight excluding hydrogens is 364 g/mol. The average molecular weight is 393 g/mol. The van der Waals surface area contributed by atoms with E-state index >= 15 is 0 Å². The standard InChI is InChI=1S/C23H28N4S/c1-15-13-20(26-10-6-7-11-26)16(2)12-18(15)22-21(19-8-4-5-9-24-19)25-23-27(22)14-17(3)28-23/h4-5,8-9,12-13,17,21-22H,6-7,10-11,14H2,1-3H3/t17-,21-,22+/m0/s1. The van der Waals surface area contributed by atoms with E-state index in [9.17, 15) is 0 Å². The number of thioether (sulfide) groups is 1. The second kappa shape index (κ2) is 7.11. The Morgan fingerprint density at radius 3 is 2.64 bits per heavy atom. The van der Waals surface area contributed by atoms with Crippen molar-refractivity contribution < 1.29 is 0 Å². The first kappa shape index (κ1) is 18.0. The van der Waals surface area contributed by atoms with Crippen molar-refractivity contribution in [3.63, 3.8) is 0 Å². The predicted molar refractivity (Wildman–Crippen MR) is 118 cm³/mol. The van der Waals surface area contributed by atoms with E-state index in [1.54, 1.807) is 0 Å². The molecule has 0 spiro atoms. The molecule has 146 valence electrons. The highest BCUT2D eigenvalue weighted by Crippen LogP contribution is 2.48. The smallest absolute Gasteiger partial charge is 0.160 e. The molecule has 2 aromatic rings. The van der Waals surface area contributed by atoms with E-state index in [4.69, 9.17) is 4.99 Å². The van der Waals surface area contributed by atoms with E-state index in [1.165, 1.54) is 53.5 Å². The molecule has 0 bridgehead atoms. The van der Waals surface area contributed by atoms with Crippen molar-refractivity contribution in [3.05, 3.63) is 58.9 Å². The fourth-order valence-electron chi connectivity index (χ4n) is 4.89. The summed E-state index contributed by atoms with van der Waals surface area (Å²) in [6.45, 7) is 10.3. The predicted octanol–water partition coefficient (Wildman–Crippen LogP) is 4.89. The molecule has 4 nitrogen and oxygen atoms in total. The lowest BCUT2D eigenvalue weighted by atomic mass is 9.91. The summed E-state index contributed by atoms with van der Waals surface area (Å²) in [7, 11) is 0. The quantitative estimate of drug-likeness (QED) is 0.744. The normalized spacial score (nSPS) is 26.7. The molecule has 0 unspecified atom stereocenters. The molecule has 0 radical (unpaired) electrons. The molecular formula is C23H28N4S. The van der Waals surface area contributed by atoms with Gasteiger partial charge in [0.2, 0.25) is 0 Å². The third-order valence-electron chi connectivity index (χ3n) is 6.23. The van der Waals surface area contributed by atoms with Gasteiger partial charge in [-0.1, -0.05) is 30.8 Å². The van der Waals surface area contributed by atoms with Crippen molar-refractivity contribution in [2.75, 3.05) is 24.5 Å². The van der Waals surface area contributed by atoms with Gasteiger partial charge in [-0.05, 0) is 61.6 Å². The van der Waals surface area contributed by atoms with Crippen LogP contribution < -0.4 is 4.90 Å². The number of aromatic nitrogens is 1. The molecule has 0 amide bonds. The molecule has 0 N–H and O–H groups in total. The molecule has 3 aliphatic rings. The largest absolute Gasteiger partial charge is 0.371 e. The summed E-state index contributed by atoms with van der Waals surface area (Å²) < 4.78 is 0. The number of rotatable bonds is 3. The Labute approximate surface area is 172 Å². The maximum atomic E-state index is 5.13. The second-order valence-electron chi connectivity index (χ2n) is 8.33. The van der Waals surface area contributed by atoms with Crippen molar-refractivity contribution in [1.82, 2.24) is 9.88 Å². The first-order valence-corrected chi connectivity index (χ1v) is 11.3. The number of aryl methyl sites for hydroxylation is 2. The number of nitrogens with zero attached hydrogens (tertiary/aromatic N) is 4. The minimum Gasteiger partial charge on any atom is -0.371 e. The highest BCUT2D eigenvalue weighted by atomic mass is 32.2. The average Bonchev–Trinajstić information content (AvgIpc) is 3.40. The number of anilines is 1. The summed E-state index contributed by atoms with van der Waals surface area (Å²) in [5, 5.41) is 1.78. The number of fused-ring (bicyclic) bond motifs is 1. The van der Waals surface area contributed by atoms with E-state index in [0.29, 0.717) is 5.25 Å². The first-order valence-electron chi connectivity index (χ1n) is 10.4. The van der Waals surface area contributed by atoms with Gasteiger partial charge in [-0.2, -0.15) is 0 Å². The van der Waals surface area contributed by atoms with Crippen LogP contribution in [0, 0.1) is 13.8 Å². The summed E-state index contributed by atoms with van der Waals surface area (Å²) in [6.07, 6.45) is 4.51. The third-order valence-corrected chi connectivity index (χ3v) is 7.33. The zero-order valence-electron chi connectivity index (χ0n) is 16.9. The molecule has 2 fully saturated rings. The molecule has 5 rings (SSSR count). The molecule has 28 heavy (non-hydrogen) atoms. The first-order chi connectivity index (χ1) is 13.6. The minimum atomic E-state index is 0.0759. The molecule has 1 aromatic heterocycles. The van der Waals surface area contributed by atoms with Crippen LogP contribution in [-0.4, -0.2) is 39.9 Å². The maximum absolute atomic E-state index is 5.13. The van der Waals surface area contributed by atoms with Gasteiger partial charge in [0, 0.05) is 36.8 Å². The van der Waals surface area contributed by atoms with E-state index in [1.807, 2.05) is 24.0 Å². The van der Waals surface area contributed by atoms with Gasteiger partial charge in [-0.3, -0.25) is 9.98 Å². The van der Waals surface area contributed by atoms with Crippen molar-refractivity contribution in [2.24, 2.45) is 4.99 Å². The molecule has 0 saturated carbocycles. The Morgan fingerprint density at radius 1 is 1.07 bits per heavy atom. The highest BCUT2D eigenvalue weighted by Gasteiger charge is 2.44. The fraction of sp³-hybridized carbons (Fsp3) is 0.478. The van der Waals surface area contributed by atoms with Crippen LogP contribution in [0.5, 0.6) is 0 Å². The lowest BCUT2D eigenvalue weighted by Crippen LogP contribution is -2.29. The van der Waals surface area contributed by atoms with Crippen LogP contribution in [0.25, 0.3) is 0 Å². The van der Waals surface area contributed by atoms with Gasteiger partial charge in [-0.25, -0.2) is 0 Å². The van der Waals surface area contributed by atoms with Crippen LogP contribution in [-0.2, 0) is 0 Å². The summed E-state index contributed by atoms with van der Waals surface area (Å²) in [5.74, 6) is 0. The lowest BCUT2D eigenvalue weighted by molar-refractivity contribution is 0.320. The van der Waals surface area contributed by atoms with Crippen molar-refractivity contribution in [3.8, 4) is 0 Å². The van der Waals surface area contributed by atoms with Gasteiger partial charge in [-0.15, -0.1) is 0 Å². The van der Waals surface area contributed by atoms with Crippen molar-refractivity contribution in [1.29, 1.82) is 0 Å². The molecule has 1 aromatic carbocycles. The molecule has 3 aliphatic heterocycles. The topological polar surface area (TPSA) is 31.7 Å². The minimum absolute atomic E-state index is 0.0759. The van der Waals surface area contributed by atoms with Gasteiger partial charge >= 0.3 is 0 Å². The van der Waals surface area contributed by atoms with E-state index < -0.39 is 0 Å². The monoisotopic (exact) mass is 392 g/mol. The lowest BCUT2D eigenvalue weighted by Gasteiger charge is -2.30. The highest BCUT2D eigenvalue weighted by molar-refractivity contribution is 8.14. The maximum Gasteiger partial charge on any atom is 0.160 e. The number of aliphatic imine (C=N–C) groups is 1. The summed E-state index contributed by atoms with van der Waals surface area (Å²) in [5.41, 5.74) is 6.65. The van der Waals surface area contributed by atoms with Crippen LogP contribution in [0.3, 0.4) is 0 Å². The Hall–Kier alpha value is -2.01. The number of hydrogen-bond donors (Lipinski definition) is 0.